The van der Waals surface area contributed by atoms with Gasteiger partial charge in [0.15, 0.2) is 5.78 Å². The predicted octanol–water partition coefficient (Wildman–Crippen LogP) is 6.44. The first-order chi connectivity index (χ1) is 18.2. The number of carbonyl (C=O) groups excluding carboxylic acids is 1. The Bertz CT molecular complexity index is 1610. The first-order valence-corrected chi connectivity index (χ1v) is 12.7. The quantitative estimate of drug-likeness (QED) is 0.383. The number of rotatable bonds is 7. The molecule has 6 nitrogen and oxygen atoms in total. The van der Waals surface area contributed by atoms with Crippen LogP contribution < -0.4 is 0 Å². The minimum Gasteiger partial charge on any atom is -0.478 e. The molecule has 0 radical (unpaired) electrons. The summed E-state index contributed by atoms with van der Waals surface area (Å²) in [6.07, 6.45) is 10.8. The molecule has 1 aromatic heterocycles. The highest BCUT2D eigenvalue weighted by Gasteiger charge is 2.28. The molecular weight excluding hydrogens is 478 g/mol. The molecule has 2 N–H and O–H groups in total. The van der Waals surface area contributed by atoms with Gasteiger partial charge in [-0.2, -0.15) is 0 Å². The molecule has 192 valence electrons. The smallest absolute Gasteiger partial charge is 0.352 e. The largest absolute Gasteiger partial charge is 0.478 e. The summed E-state index contributed by atoms with van der Waals surface area (Å²) in [7, 11) is 0. The number of fused-ring (bicyclic) bond motifs is 1. The molecule has 2 aliphatic carbocycles. The van der Waals surface area contributed by atoms with Crippen molar-refractivity contribution in [1.82, 2.24) is 4.57 Å². The van der Waals surface area contributed by atoms with Crippen LogP contribution in [-0.2, 0) is 16.1 Å². The first kappa shape index (κ1) is 25.2. The third-order valence-corrected chi connectivity index (χ3v) is 7.56. The lowest BCUT2D eigenvalue weighted by molar-refractivity contribution is -0.132. The number of benzene rings is 2. The van der Waals surface area contributed by atoms with Crippen LogP contribution in [0.4, 0.5) is 0 Å². The van der Waals surface area contributed by atoms with Gasteiger partial charge in [-0.25, -0.2) is 9.59 Å². The molecule has 2 aromatic carbocycles. The Morgan fingerprint density at radius 2 is 1.79 bits per heavy atom. The fourth-order valence-electron chi connectivity index (χ4n) is 5.46. The monoisotopic (exact) mass is 507 g/mol. The molecule has 1 heterocycles. The average molecular weight is 508 g/mol. The van der Waals surface area contributed by atoms with Gasteiger partial charge in [-0.15, -0.1) is 0 Å². The third kappa shape index (κ3) is 4.65. The number of carboxylic acids is 2. The Kier molecular flexibility index (Phi) is 6.72. The van der Waals surface area contributed by atoms with Gasteiger partial charge in [0.2, 0.25) is 0 Å². The highest BCUT2D eigenvalue weighted by atomic mass is 16.4. The molecule has 5 rings (SSSR count). The van der Waals surface area contributed by atoms with Gasteiger partial charge in [0.05, 0.1) is 0 Å². The molecule has 0 fully saturated rings. The summed E-state index contributed by atoms with van der Waals surface area (Å²) in [5.41, 5.74) is 7.06. The van der Waals surface area contributed by atoms with Crippen molar-refractivity contribution in [2.24, 2.45) is 0 Å². The van der Waals surface area contributed by atoms with Crippen molar-refractivity contribution in [3.05, 3.63) is 112 Å². The van der Waals surface area contributed by atoms with Crippen LogP contribution in [0, 0.1) is 6.92 Å². The average Bonchev–Trinajstić information content (AvgIpc) is 3.24. The van der Waals surface area contributed by atoms with E-state index in [1.54, 1.807) is 12.2 Å². The lowest BCUT2D eigenvalue weighted by Gasteiger charge is -2.18. The number of ketones is 1. The van der Waals surface area contributed by atoms with Crippen LogP contribution in [0.2, 0.25) is 0 Å². The summed E-state index contributed by atoms with van der Waals surface area (Å²) in [5.74, 6) is -2.02. The van der Waals surface area contributed by atoms with Crippen LogP contribution in [0.3, 0.4) is 0 Å². The van der Waals surface area contributed by atoms with Crippen LogP contribution in [-0.4, -0.2) is 32.5 Å². The number of hydrogen-bond donors (Lipinski definition) is 2. The summed E-state index contributed by atoms with van der Waals surface area (Å²) in [6.45, 7) is 3.93. The Morgan fingerprint density at radius 3 is 2.42 bits per heavy atom. The molecule has 2 aliphatic rings. The molecule has 38 heavy (non-hydrogen) atoms. The van der Waals surface area contributed by atoms with Crippen molar-refractivity contribution in [3.8, 4) is 0 Å². The fraction of sp³-hybridized carbons (Fsp3) is 0.219. The molecule has 0 amide bonds. The predicted molar refractivity (Wildman–Crippen MR) is 147 cm³/mol. The van der Waals surface area contributed by atoms with E-state index in [1.807, 2.05) is 66.1 Å². The molecule has 0 saturated heterocycles. The van der Waals surface area contributed by atoms with Gasteiger partial charge >= 0.3 is 11.9 Å². The molecule has 3 aromatic rings. The van der Waals surface area contributed by atoms with Crippen LogP contribution in [0.25, 0.3) is 16.5 Å². The van der Waals surface area contributed by atoms with E-state index in [2.05, 4.69) is 6.07 Å². The van der Waals surface area contributed by atoms with E-state index < -0.39 is 11.9 Å². The third-order valence-electron chi connectivity index (χ3n) is 7.56. The Morgan fingerprint density at radius 1 is 1.00 bits per heavy atom. The lowest BCUT2D eigenvalue weighted by Crippen LogP contribution is -2.14. The number of aromatic carboxylic acids is 1. The maximum absolute atomic E-state index is 12.7. The summed E-state index contributed by atoms with van der Waals surface area (Å²) >= 11 is 0. The standard InChI is InChI=1S/C32H29NO5/c1-19-7-8-25(22-11-15-24(16-12-22)31(35)36)17-26(19)18-33-28-6-4-3-5-27(28)29(30(33)32(37)38)23-13-9-21(10-14-23)20(2)34/h3-11,13,15,17,23H,12,14,16,18H2,1-2H3,(H,35,36)(H,37,38). The van der Waals surface area contributed by atoms with E-state index in [-0.39, 0.29) is 17.4 Å². The number of aryl methyl sites for hydroxylation is 1. The van der Waals surface area contributed by atoms with E-state index in [1.165, 1.54) is 6.92 Å². The Hall–Kier alpha value is -4.45. The summed E-state index contributed by atoms with van der Waals surface area (Å²) in [4.78, 5) is 35.8. The van der Waals surface area contributed by atoms with Crippen LogP contribution >= 0.6 is 0 Å². The number of nitrogens with zero attached hydrogens (tertiary/aromatic N) is 1. The maximum atomic E-state index is 12.7. The zero-order valence-electron chi connectivity index (χ0n) is 21.4. The molecule has 1 atom stereocenters. The number of aliphatic carboxylic acids is 1. The van der Waals surface area contributed by atoms with Crippen molar-refractivity contribution < 1.29 is 24.6 Å². The van der Waals surface area contributed by atoms with Gasteiger partial charge in [-0.05, 0) is 73.1 Å². The number of carbonyl (C=O) groups is 3. The van der Waals surface area contributed by atoms with Crippen LogP contribution in [0.15, 0.2) is 84.0 Å². The number of para-hydroxylation sites is 1. The molecule has 0 bridgehead atoms. The zero-order valence-corrected chi connectivity index (χ0v) is 21.4. The number of carboxylic acid groups (broad SMARTS) is 2. The molecule has 0 aliphatic heterocycles. The summed E-state index contributed by atoms with van der Waals surface area (Å²) < 4.78 is 1.88. The number of Topliss-reactive ketones (excluding diaryl/α,β-unsaturated/α-hetero) is 1. The second kappa shape index (κ2) is 10.1. The first-order valence-electron chi connectivity index (χ1n) is 12.7. The Labute approximate surface area is 220 Å². The highest BCUT2D eigenvalue weighted by molar-refractivity contribution is 6.00. The van der Waals surface area contributed by atoms with Crippen molar-refractivity contribution in [3.63, 3.8) is 0 Å². The van der Waals surface area contributed by atoms with Gasteiger partial charge in [-0.1, -0.05) is 60.7 Å². The summed E-state index contributed by atoms with van der Waals surface area (Å²) in [6, 6.07) is 13.9. The molecular formula is C32H29NO5. The minimum atomic E-state index is -0.985. The number of allylic oxidation sites excluding steroid dienone is 7. The van der Waals surface area contributed by atoms with Crippen molar-refractivity contribution in [2.45, 2.75) is 45.6 Å². The maximum Gasteiger partial charge on any atom is 0.352 e. The lowest BCUT2D eigenvalue weighted by atomic mass is 9.87. The van der Waals surface area contributed by atoms with Crippen LogP contribution in [0.1, 0.15) is 64.8 Å². The molecule has 1 unspecified atom stereocenters. The van der Waals surface area contributed by atoms with Gasteiger partial charge in [0.25, 0.3) is 0 Å². The van der Waals surface area contributed by atoms with Crippen molar-refractivity contribution in [1.29, 1.82) is 0 Å². The van der Waals surface area contributed by atoms with E-state index in [4.69, 9.17) is 0 Å². The topological polar surface area (TPSA) is 96.6 Å². The molecule has 0 spiro atoms. The summed E-state index contributed by atoms with van der Waals surface area (Å²) in [5, 5.41) is 20.6. The van der Waals surface area contributed by atoms with Gasteiger partial charge in [-0.3, -0.25) is 4.79 Å². The van der Waals surface area contributed by atoms with E-state index in [9.17, 15) is 24.6 Å². The van der Waals surface area contributed by atoms with Crippen molar-refractivity contribution >= 4 is 34.2 Å². The van der Waals surface area contributed by atoms with Gasteiger partial charge in [0.1, 0.15) is 5.69 Å². The Balaban J connectivity index is 1.58. The minimum absolute atomic E-state index is 0.00121. The number of hydrogen-bond acceptors (Lipinski definition) is 3. The fourth-order valence-corrected chi connectivity index (χ4v) is 5.46. The molecule has 0 saturated carbocycles. The second-order valence-electron chi connectivity index (χ2n) is 9.92. The van der Waals surface area contributed by atoms with Crippen LogP contribution in [0.5, 0.6) is 0 Å². The highest BCUT2D eigenvalue weighted by Crippen LogP contribution is 2.38. The molecule has 6 heteroatoms. The second-order valence-corrected chi connectivity index (χ2v) is 9.92. The normalized spacial score (nSPS) is 17.1. The van der Waals surface area contributed by atoms with E-state index in [0.29, 0.717) is 37.0 Å². The van der Waals surface area contributed by atoms with Gasteiger partial charge < -0.3 is 14.8 Å². The van der Waals surface area contributed by atoms with Crippen molar-refractivity contribution in [2.75, 3.05) is 0 Å². The zero-order chi connectivity index (χ0) is 27.0. The van der Waals surface area contributed by atoms with Gasteiger partial charge in [0, 0.05) is 34.5 Å². The van der Waals surface area contributed by atoms with E-state index >= 15 is 0 Å². The number of aromatic nitrogens is 1. The SMILES string of the molecule is CC(=O)C1=CCC(c2c(C(=O)O)n(Cc3cc(C4=CC=C(C(=O)O)CC4)ccc3C)c3ccccc23)C=C1. The van der Waals surface area contributed by atoms with E-state index in [0.717, 1.165) is 38.7 Å².